The average molecular weight is 398 g/mol. The molecule has 1 unspecified atom stereocenters. The number of halogens is 1. The van der Waals surface area contributed by atoms with E-state index in [1.54, 1.807) is 30.5 Å². The van der Waals surface area contributed by atoms with E-state index in [-0.39, 0.29) is 24.6 Å². The lowest BCUT2D eigenvalue weighted by Crippen LogP contribution is -2.36. The number of rotatable bonds is 5. The van der Waals surface area contributed by atoms with Crippen LogP contribution in [-0.4, -0.2) is 28.2 Å². The third-order valence-corrected chi connectivity index (χ3v) is 3.86. The Bertz CT molecular complexity index is 684. The van der Waals surface area contributed by atoms with E-state index in [0.717, 1.165) is 3.57 Å². The minimum absolute atomic E-state index is 0.0884. The number of pyridine rings is 1. The lowest BCUT2D eigenvalue weighted by Gasteiger charge is -2.13. The Morgan fingerprint density at radius 2 is 1.95 bits per heavy atom. The number of hydrogen-bond donors (Lipinski definition) is 2. The van der Waals surface area contributed by atoms with E-state index in [1.165, 1.54) is 10.6 Å². The standard InChI is InChI=1S/C15H15IN2O3/c16-13-6-2-1-5-12(13)15(21)17-9-11(19)10-18-8-4-3-7-14(18)20/h1-8,11,19H,9-10H2,(H,17,21). The molecule has 2 aromatic rings. The number of carbonyl (C=O) groups excluding carboxylic acids is 1. The van der Waals surface area contributed by atoms with Crippen LogP contribution in [0.3, 0.4) is 0 Å². The van der Waals surface area contributed by atoms with Crippen molar-refractivity contribution in [3.05, 3.63) is 68.1 Å². The molecular formula is C15H15IN2O3. The van der Waals surface area contributed by atoms with E-state index in [4.69, 9.17) is 0 Å². The third kappa shape index (κ3) is 4.40. The van der Waals surface area contributed by atoms with Crippen molar-refractivity contribution in [1.29, 1.82) is 0 Å². The molecule has 0 radical (unpaired) electrons. The molecule has 2 rings (SSSR count). The minimum atomic E-state index is -0.824. The zero-order chi connectivity index (χ0) is 15.2. The van der Waals surface area contributed by atoms with E-state index in [1.807, 2.05) is 12.1 Å². The molecular weight excluding hydrogens is 383 g/mol. The van der Waals surface area contributed by atoms with Gasteiger partial charge in [0.25, 0.3) is 11.5 Å². The Labute approximate surface area is 135 Å². The van der Waals surface area contributed by atoms with Crippen LogP contribution < -0.4 is 10.9 Å². The lowest BCUT2D eigenvalue weighted by atomic mass is 10.2. The number of benzene rings is 1. The van der Waals surface area contributed by atoms with E-state index in [9.17, 15) is 14.7 Å². The van der Waals surface area contributed by atoms with Gasteiger partial charge < -0.3 is 15.0 Å². The van der Waals surface area contributed by atoms with Crippen LogP contribution in [0.2, 0.25) is 0 Å². The number of aliphatic hydroxyl groups excluding tert-OH is 1. The van der Waals surface area contributed by atoms with Crippen molar-refractivity contribution in [2.75, 3.05) is 6.54 Å². The number of nitrogens with one attached hydrogen (secondary N) is 1. The molecule has 0 aliphatic carbocycles. The van der Waals surface area contributed by atoms with Gasteiger partial charge in [-0.1, -0.05) is 18.2 Å². The van der Waals surface area contributed by atoms with Crippen molar-refractivity contribution < 1.29 is 9.90 Å². The van der Waals surface area contributed by atoms with Crippen LogP contribution in [-0.2, 0) is 6.54 Å². The predicted octanol–water partition coefficient (Wildman–Crippen LogP) is 1.24. The van der Waals surface area contributed by atoms with Crippen molar-refractivity contribution >= 4 is 28.5 Å². The first-order valence-electron chi connectivity index (χ1n) is 6.44. The monoisotopic (exact) mass is 398 g/mol. The van der Waals surface area contributed by atoms with Crippen LogP contribution in [0.5, 0.6) is 0 Å². The van der Waals surface area contributed by atoms with Crippen LogP contribution in [0.15, 0.2) is 53.5 Å². The summed E-state index contributed by atoms with van der Waals surface area (Å²) in [4.78, 5) is 23.5. The molecule has 0 aliphatic heterocycles. The Morgan fingerprint density at radius 3 is 2.67 bits per heavy atom. The molecule has 0 bridgehead atoms. The summed E-state index contributed by atoms with van der Waals surface area (Å²) in [5.74, 6) is -0.237. The number of aromatic nitrogens is 1. The number of amides is 1. The summed E-state index contributed by atoms with van der Waals surface area (Å²) in [7, 11) is 0. The molecule has 5 nitrogen and oxygen atoms in total. The first-order valence-corrected chi connectivity index (χ1v) is 7.52. The van der Waals surface area contributed by atoms with Gasteiger partial charge in [0.05, 0.1) is 18.2 Å². The molecule has 0 fully saturated rings. The highest BCUT2D eigenvalue weighted by atomic mass is 127. The molecule has 0 spiro atoms. The second-order valence-corrected chi connectivity index (χ2v) is 5.70. The van der Waals surface area contributed by atoms with E-state index < -0.39 is 6.10 Å². The Morgan fingerprint density at radius 1 is 1.24 bits per heavy atom. The van der Waals surface area contributed by atoms with E-state index in [0.29, 0.717) is 5.56 Å². The molecule has 110 valence electrons. The van der Waals surface area contributed by atoms with Gasteiger partial charge in [0.15, 0.2) is 0 Å². The molecule has 0 saturated carbocycles. The fraction of sp³-hybridized carbons (Fsp3) is 0.200. The molecule has 1 heterocycles. The maximum Gasteiger partial charge on any atom is 0.252 e. The minimum Gasteiger partial charge on any atom is -0.389 e. The van der Waals surface area contributed by atoms with E-state index in [2.05, 4.69) is 27.9 Å². The predicted molar refractivity (Wildman–Crippen MR) is 88.2 cm³/mol. The summed E-state index contributed by atoms with van der Waals surface area (Å²) >= 11 is 2.09. The van der Waals surface area contributed by atoms with Crippen LogP contribution in [0.1, 0.15) is 10.4 Å². The number of hydrogen-bond acceptors (Lipinski definition) is 3. The Kier molecular flexibility index (Phi) is 5.51. The Hall–Kier alpha value is -1.67. The van der Waals surface area contributed by atoms with Crippen molar-refractivity contribution in [1.82, 2.24) is 9.88 Å². The number of nitrogens with zero attached hydrogens (tertiary/aromatic N) is 1. The molecule has 21 heavy (non-hydrogen) atoms. The second kappa shape index (κ2) is 7.37. The zero-order valence-corrected chi connectivity index (χ0v) is 13.4. The number of aliphatic hydroxyl groups is 1. The van der Waals surface area contributed by atoms with Gasteiger partial charge in [-0.05, 0) is 40.8 Å². The molecule has 2 N–H and O–H groups in total. The van der Waals surface area contributed by atoms with Crippen molar-refractivity contribution in [3.63, 3.8) is 0 Å². The highest BCUT2D eigenvalue weighted by Gasteiger charge is 2.12. The summed E-state index contributed by atoms with van der Waals surface area (Å²) in [5, 5.41) is 12.6. The fourth-order valence-corrected chi connectivity index (χ4v) is 2.49. The van der Waals surface area contributed by atoms with Crippen molar-refractivity contribution in [3.8, 4) is 0 Å². The van der Waals surface area contributed by atoms with Crippen LogP contribution in [0.25, 0.3) is 0 Å². The smallest absolute Gasteiger partial charge is 0.252 e. The summed E-state index contributed by atoms with van der Waals surface area (Å²) in [5.41, 5.74) is 0.391. The summed E-state index contributed by atoms with van der Waals surface area (Å²) in [6.07, 6.45) is 0.781. The summed E-state index contributed by atoms with van der Waals surface area (Å²) in [6.45, 7) is 0.233. The molecule has 1 atom stereocenters. The molecule has 0 saturated heterocycles. The molecule has 1 amide bonds. The molecule has 1 aromatic carbocycles. The van der Waals surface area contributed by atoms with Gasteiger partial charge in [0.2, 0.25) is 0 Å². The molecule has 1 aromatic heterocycles. The first kappa shape index (κ1) is 15.7. The van der Waals surface area contributed by atoms with Crippen LogP contribution in [0, 0.1) is 3.57 Å². The van der Waals surface area contributed by atoms with Gasteiger partial charge >= 0.3 is 0 Å². The Balaban J connectivity index is 1.91. The SMILES string of the molecule is O=C(NCC(O)Cn1ccccc1=O)c1ccccc1I. The third-order valence-electron chi connectivity index (χ3n) is 2.92. The van der Waals surface area contributed by atoms with Crippen LogP contribution in [0.4, 0.5) is 0 Å². The van der Waals surface area contributed by atoms with Gasteiger partial charge in [-0.15, -0.1) is 0 Å². The quantitative estimate of drug-likeness (QED) is 0.745. The van der Waals surface area contributed by atoms with Crippen LogP contribution >= 0.6 is 22.6 Å². The summed E-state index contributed by atoms with van der Waals surface area (Å²) in [6, 6.07) is 12.0. The zero-order valence-electron chi connectivity index (χ0n) is 11.2. The second-order valence-electron chi connectivity index (χ2n) is 4.53. The maximum atomic E-state index is 12.0. The summed E-state index contributed by atoms with van der Waals surface area (Å²) < 4.78 is 2.25. The maximum absolute atomic E-state index is 12.0. The van der Waals surface area contributed by atoms with Crippen molar-refractivity contribution in [2.45, 2.75) is 12.6 Å². The van der Waals surface area contributed by atoms with Gasteiger partial charge in [-0.25, -0.2) is 0 Å². The molecule has 6 heteroatoms. The largest absolute Gasteiger partial charge is 0.389 e. The fourth-order valence-electron chi connectivity index (χ4n) is 1.85. The average Bonchev–Trinajstić information content (AvgIpc) is 2.48. The first-order chi connectivity index (χ1) is 10.1. The molecule has 0 aliphatic rings. The number of carbonyl (C=O) groups is 1. The normalized spacial score (nSPS) is 11.9. The lowest BCUT2D eigenvalue weighted by molar-refractivity contribution is 0.0902. The van der Waals surface area contributed by atoms with Gasteiger partial charge in [0, 0.05) is 22.4 Å². The van der Waals surface area contributed by atoms with Gasteiger partial charge in [0.1, 0.15) is 0 Å². The van der Waals surface area contributed by atoms with Gasteiger partial charge in [-0.2, -0.15) is 0 Å². The van der Waals surface area contributed by atoms with Gasteiger partial charge in [-0.3, -0.25) is 9.59 Å². The van der Waals surface area contributed by atoms with E-state index >= 15 is 0 Å². The highest BCUT2D eigenvalue weighted by Crippen LogP contribution is 2.10. The topological polar surface area (TPSA) is 71.3 Å². The van der Waals surface area contributed by atoms with Crippen molar-refractivity contribution in [2.24, 2.45) is 0 Å². The highest BCUT2D eigenvalue weighted by molar-refractivity contribution is 14.1.